The van der Waals surface area contributed by atoms with E-state index in [1.54, 1.807) is 5.48 Å². The molecule has 0 aliphatic heterocycles. The normalized spacial score (nSPS) is 11.8. The molecule has 1 aromatic carbocycles. The molecule has 0 aliphatic carbocycles. The Bertz CT molecular complexity index is 801. The summed E-state index contributed by atoms with van der Waals surface area (Å²) in [5.41, 5.74) is 3.53. The van der Waals surface area contributed by atoms with E-state index in [0.717, 1.165) is 6.07 Å². The van der Waals surface area contributed by atoms with Crippen LogP contribution in [0.5, 0.6) is 11.5 Å². The van der Waals surface area contributed by atoms with Gasteiger partial charge < -0.3 is 15.5 Å². The smallest absolute Gasteiger partial charge is 0.202 e. The van der Waals surface area contributed by atoms with E-state index < -0.39 is 23.0 Å². The Labute approximate surface area is 152 Å². The predicted molar refractivity (Wildman–Crippen MR) is 87.2 cm³/mol. The van der Waals surface area contributed by atoms with Crippen LogP contribution in [-0.4, -0.2) is 55.1 Å². The van der Waals surface area contributed by atoms with Crippen LogP contribution in [0.2, 0.25) is 0 Å². The minimum atomic E-state index is -0.909. The molecule has 0 amide bonds. The van der Waals surface area contributed by atoms with Crippen LogP contribution in [0.15, 0.2) is 20.2 Å². The van der Waals surface area contributed by atoms with E-state index >= 15 is 0 Å². The van der Waals surface area contributed by atoms with Gasteiger partial charge in [-0.15, -0.1) is 0 Å². The third kappa shape index (κ3) is 4.54. The van der Waals surface area contributed by atoms with Crippen molar-refractivity contribution in [3.8, 4) is 11.5 Å². The van der Waals surface area contributed by atoms with Crippen LogP contribution >= 0.6 is 15.9 Å². The van der Waals surface area contributed by atoms with Crippen molar-refractivity contribution >= 4 is 33.3 Å². The van der Waals surface area contributed by atoms with E-state index in [2.05, 4.69) is 46.6 Å². The van der Waals surface area contributed by atoms with Crippen LogP contribution < -0.4 is 22.1 Å². The standard InChI is InChI=1S/C11H14BrFN8O5/c12-6-4(13)3-5(22)7(9(6)23)17-11(18-24)8-10(20-26-19-8)15-1-2-16-21(14)25/h3,16,22-25H,1-2,14H2,(H,15,20)(H,17,18). The molecule has 0 radical (unpaired) electrons. The molecule has 15 heteroatoms. The number of nitrogens with two attached hydrogens (primary N) is 1. The molecule has 0 spiro atoms. The zero-order chi connectivity index (χ0) is 19.3. The Kier molecular flexibility index (Phi) is 6.61. The van der Waals surface area contributed by atoms with Gasteiger partial charge in [0, 0.05) is 19.2 Å². The van der Waals surface area contributed by atoms with Crippen LogP contribution in [0, 0.1) is 5.82 Å². The molecule has 13 nitrogen and oxygen atoms in total. The molecule has 0 fully saturated rings. The summed E-state index contributed by atoms with van der Waals surface area (Å²) < 4.78 is 17.7. The highest BCUT2D eigenvalue weighted by Crippen LogP contribution is 2.43. The SMILES string of the molecule is NN(O)NCCNc1nonc1C(=Nc1c(O)cc(F)c(Br)c1O)NO. The van der Waals surface area contributed by atoms with E-state index in [4.69, 9.17) is 11.0 Å². The second kappa shape index (κ2) is 8.70. The van der Waals surface area contributed by atoms with E-state index in [0.29, 0.717) is 0 Å². The summed E-state index contributed by atoms with van der Waals surface area (Å²) in [6, 6.07) is 0.719. The number of aromatic nitrogens is 2. The molecule has 0 saturated heterocycles. The molecule has 1 heterocycles. The van der Waals surface area contributed by atoms with Gasteiger partial charge in [0.15, 0.2) is 23.0 Å². The Morgan fingerprint density at radius 3 is 2.77 bits per heavy atom. The molecule has 0 aliphatic rings. The quantitative estimate of drug-likeness (QED) is 0.0944. The summed E-state index contributed by atoms with van der Waals surface area (Å²) >= 11 is 2.80. The molecule has 2 aromatic rings. The molecule has 9 N–H and O–H groups in total. The van der Waals surface area contributed by atoms with Crippen molar-refractivity contribution in [1.29, 1.82) is 0 Å². The maximum absolute atomic E-state index is 13.4. The molecule has 0 unspecified atom stereocenters. The number of phenolic OH excluding ortho intramolecular Hbond substituents is 2. The van der Waals surface area contributed by atoms with Gasteiger partial charge in [0.25, 0.3) is 0 Å². The van der Waals surface area contributed by atoms with E-state index in [-0.39, 0.29) is 40.2 Å². The van der Waals surface area contributed by atoms with E-state index in [1.165, 1.54) is 0 Å². The lowest BCUT2D eigenvalue weighted by Gasteiger charge is -2.10. The second-order valence-electron chi connectivity index (χ2n) is 4.60. The molecule has 0 saturated carbocycles. The summed E-state index contributed by atoms with van der Waals surface area (Å²) in [5.74, 6) is 2.33. The van der Waals surface area contributed by atoms with Crippen LogP contribution in [0.4, 0.5) is 15.9 Å². The van der Waals surface area contributed by atoms with Crippen molar-refractivity contribution in [2.75, 3.05) is 18.4 Å². The number of anilines is 1. The molecule has 0 atom stereocenters. The maximum atomic E-state index is 13.4. The summed E-state index contributed by atoms with van der Waals surface area (Å²) in [5, 5.41) is 47.8. The van der Waals surface area contributed by atoms with E-state index in [9.17, 15) is 19.8 Å². The highest BCUT2D eigenvalue weighted by Gasteiger charge is 2.20. The van der Waals surface area contributed by atoms with Crippen LogP contribution in [0.25, 0.3) is 0 Å². The van der Waals surface area contributed by atoms with Crippen molar-refractivity contribution in [3.05, 3.63) is 22.1 Å². The summed E-state index contributed by atoms with van der Waals surface area (Å²) in [7, 11) is 0. The fourth-order valence-corrected chi connectivity index (χ4v) is 2.06. The largest absolute Gasteiger partial charge is 0.505 e. The monoisotopic (exact) mass is 436 g/mol. The fraction of sp³-hybridized carbons (Fsp3) is 0.182. The summed E-state index contributed by atoms with van der Waals surface area (Å²) in [4.78, 5) is 3.81. The van der Waals surface area contributed by atoms with Crippen molar-refractivity contribution in [3.63, 3.8) is 0 Å². The number of amidine groups is 1. The number of nitrogens with one attached hydrogen (secondary N) is 3. The molecule has 26 heavy (non-hydrogen) atoms. The zero-order valence-corrected chi connectivity index (χ0v) is 14.4. The Hall–Kier alpha value is -2.56. The second-order valence-corrected chi connectivity index (χ2v) is 5.39. The van der Waals surface area contributed by atoms with Gasteiger partial charge in [0.05, 0.1) is 4.47 Å². The number of benzene rings is 1. The van der Waals surface area contributed by atoms with Gasteiger partial charge in [0.2, 0.25) is 5.82 Å². The number of hydrogen-bond donors (Lipinski definition) is 8. The number of halogens is 2. The van der Waals surface area contributed by atoms with Crippen LogP contribution in [0.3, 0.4) is 0 Å². The zero-order valence-electron chi connectivity index (χ0n) is 12.8. The number of hydrazine groups is 2. The average Bonchev–Trinajstić information content (AvgIpc) is 3.05. The van der Waals surface area contributed by atoms with Gasteiger partial charge in [-0.3, -0.25) is 15.9 Å². The first kappa shape index (κ1) is 19.8. The first-order valence-electron chi connectivity index (χ1n) is 6.77. The number of nitrogens with zero attached hydrogens (tertiary/aromatic N) is 4. The highest BCUT2D eigenvalue weighted by atomic mass is 79.9. The fourth-order valence-electron chi connectivity index (χ4n) is 1.75. The molecule has 0 bridgehead atoms. The first-order valence-corrected chi connectivity index (χ1v) is 7.57. The van der Waals surface area contributed by atoms with Gasteiger partial charge in [-0.1, -0.05) is 5.28 Å². The van der Waals surface area contributed by atoms with Gasteiger partial charge >= 0.3 is 0 Å². The topological polar surface area (TPSA) is 198 Å². The van der Waals surface area contributed by atoms with Crippen LogP contribution in [0.1, 0.15) is 5.69 Å². The lowest BCUT2D eigenvalue weighted by molar-refractivity contribution is -0.138. The van der Waals surface area contributed by atoms with E-state index in [1.807, 2.05) is 0 Å². The third-order valence-corrected chi connectivity index (χ3v) is 3.64. The number of aliphatic imine (C=N–C) groups is 1. The number of rotatable bonds is 7. The molecular formula is C11H14BrFN8O5. The number of hydroxylamine groups is 1. The minimum absolute atomic E-state index is 0.0359. The lowest BCUT2D eigenvalue weighted by Crippen LogP contribution is -2.42. The Morgan fingerprint density at radius 1 is 1.38 bits per heavy atom. The van der Waals surface area contributed by atoms with Crippen molar-refractivity contribution in [2.24, 2.45) is 10.8 Å². The molecular weight excluding hydrogens is 423 g/mol. The van der Waals surface area contributed by atoms with Crippen LogP contribution in [-0.2, 0) is 0 Å². The number of hydrogen-bond acceptors (Lipinski definition) is 12. The number of aromatic hydroxyl groups is 2. The van der Waals surface area contributed by atoms with Crippen molar-refractivity contribution < 1.29 is 29.6 Å². The minimum Gasteiger partial charge on any atom is -0.505 e. The van der Waals surface area contributed by atoms with Gasteiger partial charge in [-0.2, -0.15) is 0 Å². The molecule has 1 aromatic heterocycles. The van der Waals surface area contributed by atoms with Gasteiger partial charge in [0.1, 0.15) is 11.6 Å². The lowest BCUT2D eigenvalue weighted by atomic mass is 10.2. The Morgan fingerprint density at radius 2 is 2.12 bits per heavy atom. The highest BCUT2D eigenvalue weighted by molar-refractivity contribution is 9.10. The first-order chi connectivity index (χ1) is 12.3. The molecule has 2 rings (SSSR count). The summed E-state index contributed by atoms with van der Waals surface area (Å²) in [6.45, 7) is 0.387. The van der Waals surface area contributed by atoms with Crippen molar-refractivity contribution in [2.45, 2.75) is 0 Å². The Balaban J connectivity index is 2.29. The van der Waals surface area contributed by atoms with Gasteiger partial charge in [-0.25, -0.2) is 25.3 Å². The third-order valence-electron chi connectivity index (χ3n) is 2.88. The summed E-state index contributed by atoms with van der Waals surface area (Å²) in [6.07, 6.45) is 0. The number of phenols is 2. The maximum Gasteiger partial charge on any atom is 0.202 e. The van der Waals surface area contributed by atoms with Crippen molar-refractivity contribution in [1.82, 2.24) is 26.5 Å². The average molecular weight is 437 g/mol. The predicted octanol–water partition coefficient (Wildman–Crippen LogP) is -0.0791. The van der Waals surface area contributed by atoms with Gasteiger partial charge in [-0.05, 0) is 26.2 Å². The molecule has 142 valence electrons.